The van der Waals surface area contributed by atoms with Gasteiger partial charge in [-0.1, -0.05) is 30.3 Å². The standard InChI is InChI=1S/C29H31F3N4O4S/c1-18(37)34-28-35-25(17-41-28)24(9-12-36-10-7-21(8-11-36)20-5-3-2-4-6-20)26(38)33-16-19-13-22(27(39)40)15-23(14-19)29(30,31)32/h2-6,13-15,17,21,24H,7-12,16H2,1H3,(H,33,38)(H,39,40)(H,34,35,37). The number of carboxylic acids is 1. The van der Waals surface area contributed by atoms with Gasteiger partial charge in [-0.05, 0) is 74.1 Å². The number of carbonyl (C=O) groups excluding carboxylic acids is 2. The second-order valence-corrected chi connectivity index (χ2v) is 10.9. The Bertz CT molecular complexity index is 1370. The number of carbonyl (C=O) groups is 3. The van der Waals surface area contributed by atoms with Gasteiger partial charge in [0.15, 0.2) is 5.13 Å². The van der Waals surface area contributed by atoms with Crippen molar-refractivity contribution in [3.05, 3.63) is 81.9 Å². The van der Waals surface area contributed by atoms with Gasteiger partial charge in [-0.15, -0.1) is 11.3 Å². The summed E-state index contributed by atoms with van der Waals surface area (Å²) in [5, 5.41) is 16.6. The molecule has 218 valence electrons. The number of aromatic nitrogens is 1. The number of carboxylic acid groups (broad SMARTS) is 1. The molecule has 0 spiro atoms. The molecule has 0 radical (unpaired) electrons. The number of anilines is 1. The van der Waals surface area contributed by atoms with E-state index in [0.29, 0.717) is 35.8 Å². The van der Waals surface area contributed by atoms with Gasteiger partial charge in [0.2, 0.25) is 11.8 Å². The molecule has 1 aromatic heterocycles. The average Bonchev–Trinajstić information content (AvgIpc) is 3.39. The average molecular weight is 589 g/mol. The van der Waals surface area contributed by atoms with Crippen molar-refractivity contribution in [2.45, 2.75) is 50.7 Å². The van der Waals surface area contributed by atoms with Gasteiger partial charge in [0.05, 0.1) is 22.7 Å². The Labute approximate surface area is 239 Å². The van der Waals surface area contributed by atoms with Crippen LogP contribution in [0.2, 0.25) is 0 Å². The molecule has 1 aliphatic heterocycles. The number of benzene rings is 2. The molecule has 2 amide bonds. The van der Waals surface area contributed by atoms with Gasteiger partial charge in [-0.2, -0.15) is 13.2 Å². The lowest BCUT2D eigenvalue weighted by Gasteiger charge is -2.32. The van der Waals surface area contributed by atoms with Crippen LogP contribution in [0.5, 0.6) is 0 Å². The summed E-state index contributed by atoms with van der Waals surface area (Å²) < 4.78 is 40.0. The van der Waals surface area contributed by atoms with Crippen molar-refractivity contribution < 1.29 is 32.7 Å². The summed E-state index contributed by atoms with van der Waals surface area (Å²) >= 11 is 1.18. The molecule has 0 bridgehead atoms. The Hall–Kier alpha value is -3.77. The number of hydrogen-bond acceptors (Lipinski definition) is 6. The van der Waals surface area contributed by atoms with Crippen LogP contribution in [0.4, 0.5) is 18.3 Å². The van der Waals surface area contributed by atoms with Crippen molar-refractivity contribution in [2.75, 3.05) is 25.0 Å². The van der Waals surface area contributed by atoms with Crippen LogP contribution in [0.25, 0.3) is 0 Å². The third kappa shape index (κ3) is 8.37. The lowest BCUT2D eigenvalue weighted by molar-refractivity contribution is -0.137. The number of nitrogens with zero attached hydrogens (tertiary/aromatic N) is 2. The molecule has 2 aromatic carbocycles. The van der Waals surface area contributed by atoms with E-state index in [1.54, 1.807) is 5.38 Å². The number of likely N-dealkylation sites (tertiary alicyclic amines) is 1. The van der Waals surface area contributed by atoms with E-state index in [2.05, 4.69) is 32.7 Å². The summed E-state index contributed by atoms with van der Waals surface area (Å²) in [5.74, 6) is -2.48. The minimum Gasteiger partial charge on any atom is -0.478 e. The molecule has 12 heteroatoms. The van der Waals surface area contributed by atoms with Gasteiger partial charge in [-0.25, -0.2) is 9.78 Å². The summed E-state index contributed by atoms with van der Waals surface area (Å²) in [6.07, 6.45) is -2.34. The molecule has 8 nitrogen and oxygen atoms in total. The van der Waals surface area contributed by atoms with Gasteiger partial charge in [0.25, 0.3) is 0 Å². The van der Waals surface area contributed by atoms with Crippen LogP contribution in [-0.2, 0) is 22.3 Å². The van der Waals surface area contributed by atoms with Crippen molar-refractivity contribution in [3.63, 3.8) is 0 Å². The Morgan fingerprint density at radius 2 is 1.83 bits per heavy atom. The van der Waals surface area contributed by atoms with E-state index in [0.717, 1.165) is 38.1 Å². The molecule has 0 saturated carbocycles. The van der Waals surface area contributed by atoms with E-state index < -0.39 is 35.1 Å². The molecule has 1 atom stereocenters. The van der Waals surface area contributed by atoms with Gasteiger partial charge >= 0.3 is 12.1 Å². The smallest absolute Gasteiger partial charge is 0.416 e. The molecule has 2 heterocycles. The van der Waals surface area contributed by atoms with Crippen molar-refractivity contribution in [1.29, 1.82) is 0 Å². The fourth-order valence-corrected chi connectivity index (χ4v) is 5.80. The molecule has 3 N–H and O–H groups in total. The Balaban J connectivity index is 1.45. The largest absolute Gasteiger partial charge is 0.478 e. The summed E-state index contributed by atoms with van der Waals surface area (Å²) in [5.41, 5.74) is 0.170. The summed E-state index contributed by atoms with van der Waals surface area (Å²) in [7, 11) is 0. The minimum absolute atomic E-state index is 0.0181. The van der Waals surface area contributed by atoms with Gasteiger partial charge in [0.1, 0.15) is 0 Å². The Morgan fingerprint density at radius 1 is 1.12 bits per heavy atom. The fraction of sp³-hybridized carbons (Fsp3) is 0.379. The molecule has 3 aromatic rings. The highest BCUT2D eigenvalue weighted by Crippen LogP contribution is 2.32. The maximum Gasteiger partial charge on any atom is 0.416 e. The van der Waals surface area contributed by atoms with Gasteiger partial charge < -0.3 is 20.6 Å². The number of nitrogens with one attached hydrogen (secondary N) is 2. The zero-order valence-corrected chi connectivity index (χ0v) is 23.2. The molecule has 1 fully saturated rings. The van der Waals surface area contributed by atoms with Crippen LogP contribution >= 0.6 is 11.3 Å². The number of amides is 2. The zero-order valence-electron chi connectivity index (χ0n) is 22.4. The first-order valence-corrected chi connectivity index (χ1v) is 14.1. The van der Waals surface area contributed by atoms with E-state index in [9.17, 15) is 32.7 Å². The van der Waals surface area contributed by atoms with Crippen molar-refractivity contribution >= 4 is 34.3 Å². The van der Waals surface area contributed by atoms with Gasteiger partial charge in [0, 0.05) is 18.8 Å². The van der Waals surface area contributed by atoms with Crippen LogP contribution in [-0.4, -0.2) is 52.4 Å². The number of aromatic carboxylic acids is 1. The van der Waals surface area contributed by atoms with Crippen LogP contribution in [0.3, 0.4) is 0 Å². The molecule has 4 rings (SSSR count). The van der Waals surface area contributed by atoms with Crippen molar-refractivity contribution in [1.82, 2.24) is 15.2 Å². The lowest BCUT2D eigenvalue weighted by atomic mass is 9.89. The lowest BCUT2D eigenvalue weighted by Crippen LogP contribution is -2.36. The maximum atomic E-state index is 13.4. The first-order valence-electron chi connectivity index (χ1n) is 13.2. The number of alkyl halides is 3. The monoisotopic (exact) mass is 588 g/mol. The van der Waals surface area contributed by atoms with Crippen LogP contribution < -0.4 is 10.6 Å². The second kappa shape index (κ2) is 13.3. The van der Waals surface area contributed by atoms with Crippen LogP contribution in [0.1, 0.15) is 70.8 Å². The van der Waals surface area contributed by atoms with Gasteiger partial charge in [-0.3, -0.25) is 9.59 Å². The summed E-state index contributed by atoms with van der Waals surface area (Å²) in [4.78, 5) is 42.9. The highest BCUT2D eigenvalue weighted by molar-refractivity contribution is 7.13. The third-order valence-electron chi connectivity index (χ3n) is 7.10. The SMILES string of the molecule is CC(=O)Nc1nc(C(CCN2CCC(c3ccccc3)CC2)C(=O)NCc2cc(C(=O)O)cc(C(F)(F)F)c2)cs1. The predicted octanol–water partition coefficient (Wildman–Crippen LogP) is 5.49. The van der Waals surface area contributed by atoms with Crippen LogP contribution in [0.15, 0.2) is 53.9 Å². The first-order chi connectivity index (χ1) is 19.5. The zero-order chi connectivity index (χ0) is 29.6. The highest BCUT2D eigenvalue weighted by Gasteiger charge is 2.32. The van der Waals surface area contributed by atoms with E-state index in [1.807, 2.05) is 18.2 Å². The van der Waals surface area contributed by atoms with E-state index in [-0.39, 0.29) is 18.0 Å². The normalized spacial score (nSPS) is 15.3. The van der Waals surface area contributed by atoms with Crippen molar-refractivity contribution in [3.8, 4) is 0 Å². The number of halogens is 3. The quantitative estimate of drug-likeness (QED) is 0.289. The molecule has 1 aliphatic rings. The molecule has 1 saturated heterocycles. The molecule has 0 aliphatic carbocycles. The van der Waals surface area contributed by atoms with Crippen LogP contribution in [0, 0.1) is 0 Å². The molecular formula is C29H31F3N4O4S. The number of rotatable bonds is 10. The Kier molecular flexibility index (Phi) is 9.77. The van der Waals surface area contributed by atoms with E-state index in [1.165, 1.54) is 23.8 Å². The third-order valence-corrected chi connectivity index (χ3v) is 7.88. The minimum atomic E-state index is -4.73. The predicted molar refractivity (Wildman–Crippen MR) is 149 cm³/mol. The molecule has 1 unspecified atom stereocenters. The van der Waals surface area contributed by atoms with E-state index in [4.69, 9.17) is 0 Å². The maximum absolute atomic E-state index is 13.4. The fourth-order valence-electron chi connectivity index (χ4n) is 4.99. The van der Waals surface area contributed by atoms with E-state index >= 15 is 0 Å². The van der Waals surface area contributed by atoms with Crippen molar-refractivity contribution in [2.24, 2.45) is 0 Å². The Morgan fingerprint density at radius 3 is 2.46 bits per heavy atom. The summed E-state index contributed by atoms with van der Waals surface area (Å²) in [6, 6.07) is 12.9. The molecular weight excluding hydrogens is 557 g/mol. The molecule has 41 heavy (non-hydrogen) atoms. The number of piperidine rings is 1. The number of hydrogen-bond donors (Lipinski definition) is 3. The topological polar surface area (TPSA) is 112 Å². The summed E-state index contributed by atoms with van der Waals surface area (Å²) in [6.45, 7) is 3.41. The number of thiazole rings is 1. The highest BCUT2D eigenvalue weighted by atomic mass is 32.1. The second-order valence-electron chi connectivity index (χ2n) is 10.1. The first kappa shape index (κ1) is 30.2.